The van der Waals surface area contributed by atoms with Crippen molar-refractivity contribution in [3.63, 3.8) is 0 Å². The van der Waals surface area contributed by atoms with Gasteiger partial charge < -0.3 is 0 Å². The van der Waals surface area contributed by atoms with E-state index in [2.05, 4.69) is 162 Å². The minimum absolute atomic E-state index is 0.0294. The average Bonchev–Trinajstić information content (AvgIpc) is 3.34. The second kappa shape index (κ2) is 10.8. The molecule has 0 amide bonds. The zero-order chi connectivity index (χ0) is 30.4. The lowest BCUT2D eigenvalue weighted by Crippen LogP contribution is -2.14. The molecule has 45 heavy (non-hydrogen) atoms. The van der Waals surface area contributed by atoms with Gasteiger partial charge in [-0.25, -0.2) is 15.0 Å². The molecule has 0 bridgehead atoms. The van der Waals surface area contributed by atoms with Crippen molar-refractivity contribution in [3.8, 4) is 67.0 Å². The molecular weight excluding hydrogens is 546 g/mol. The van der Waals surface area contributed by atoms with Crippen LogP contribution in [-0.4, -0.2) is 15.0 Å². The van der Waals surface area contributed by atoms with Gasteiger partial charge in [0.1, 0.15) is 12.7 Å². The minimum Gasteiger partial charge on any atom is -0.225 e. The Morgan fingerprint density at radius 2 is 0.911 bits per heavy atom. The van der Waals surface area contributed by atoms with Crippen molar-refractivity contribution in [2.75, 3.05) is 0 Å². The lowest BCUT2D eigenvalue weighted by atomic mass is 9.81. The first-order valence-electron chi connectivity index (χ1n) is 15.3. The van der Waals surface area contributed by atoms with E-state index in [0.717, 1.165) is 27.8 Å². The number of rotatable bonds is 5. The van der Waals surface area contributed by atoms with Crippen LogP contribution < -0.4 is 0 Å². The smallest absolute Gasteiger partial charge is 0.163 e. The average molecular weight is 578 g/mol. The fourth-order valence-electron chi connectivity index (χ4n) is 6.79. The summed E-state index contributed by atoms with van der Waals surface area (Å²) in [5.74, 6) is 0.661. The molecule has 0 atom stereocenters. The highest BCUT2D eigenvalue weighted by atomic mass is 15.0. The lowest BCUT2D eigenvalue weighted by Gasteiger charge is -2.22. The summed E-state index contributed by atoms with van der Waals surface area (Å²) in [6.45, 7) is 4.67. The number of nitrogens with zero attached hydrogens (tertiary/aromatic N) is 3. The molecule has 0 saturated carbocycles. The normalized spacial score (nSPS) is 12.8. The standard InChI is InChI=1S/C42H31N3/c1-42(2)39-17-7-6-16-35(39)36-20-18-33(25-40(36)42)30-13-8-12-29(22-30)31-14-9-15-34(23-31)38-24-32(28-10-4-3-5-11-28)19-21-37(38)41-44-26-43-27-45-41/h3-27H,1-2H3. The van der Waals surface area contributed by atoms with Crippen LogP contribution in [0.4, 0.5) is 0 Å². The maximum Gasteiger partial charge on any atom is 0.163 e. The molecule has 1 heterocycles. The second-order valence-corrected chi connectivity index (χ2v) is 12.2. The van der Waals surface area contributed by atoms with Crippen LogP contribution in [-0.2, 0) is 5.41 Å². The predicted molar refractivity (Wildman–Crippen MR) is 185 cm³/mol. The molecule has 1 aromatic heterocycles. The molecule has 8 rings (SSSR count). The van der Waals surface area contributed by atoms with Crippen LogP contribution in [0.15, 0.2) is 152 Å². The van der Waals surface area contributed by atoms with Crippen molar-refractivity contribution in [2.45, 2.75) is 19.3 Å². The number of aromatic nitrogens is 3. The number of benzene rings is 6. The Morgan fingerprint density at radius 1 is 0.378 bits per heavy atom. The molecular formula is C42H31N3. The first-order chi connectivity index (χ1) is 22.1. The Bertz CT molecular complexity index is 2180. The van der Waals surface area contributed by atoms with Crippen LogP contribution in [0.3, 0.4) is 0 Å². The van der Waals surface area contributed by atoms with E-state index in [4.69, 9.17) is 0 Å². The summed E-state index contributed by atoms with van der Waals surface area (Å²) < 4.78 is 0. The quantitative estimate of drug-likeness (QED) is 0.204. The van der Waals surface area contributed by atoms with E-state index in [9.17, 15) is 0 Å². The van der Waals surface area contributed by atoms with Gasteiger partial charge in [0.05, 0.1) is 0 Å². The Hall–Kier alpha value is -5.67. The van der Waals surface area contributed by atoms with Gasteiger partial charge in [-0.05, 0) is 97.1 Å². The van der Waals surface area contributed by atoms with Crippen molar-refractivity contribution in [3.05, 3.63) is 163 Å². The van der Waals surface area contributed by atoms with Gasteiger partial charge in [0.25, 0.3) is 0 Å². The van der Waals surface area contributed by atoms with E-state index < -0.39 is 0 Å². The maximum atomic E-state index is 4.49. The fraction of sp³-hybridized carbons (Fsp3) is 0.0714. The van der Waals surface area contributed by atoms with Crippen molar-refractivity contribution in [1.29, 1.82) is 0 Å². The van der Waals surface area contributed by atoms with E-state index in [1.54, 1.807) is 12.7 Å². The Kier molecular flexibility index (Phi) is 6.46. The van der Waals surface area contributed by atoms with E-state index in [1.807, 2.05) is 6.07 Å². The summed E-state index contributed by atoms with van der Waals surface area (Å²) in [5, 5.41) is 0. The highest BCUT2D eigenvalue weighted by Gasteiger charge is 2.35. The van der Waals surface area contributed by atoms with Gasteiger partial charge in [0.2, 0.25) is 0 Å². The zero-order valence-electron chi connectivity index (χ0n) is 25.3. The van der Waals surface area contributed by atoms with E-state index >= 15 is 0 Å². The third kappa shape index (κ3) is 4.74. The molecule has 0 saturated heterocycles. The second-order valence-electron chi connectivity index (χ2n) is 12.2. The summed E-state index contributed by atoms with van der Waals surface area (Å²) in [4.78, 5) is 13.0. The molecule has 0 spiro atoms. The summed E-state index contributed by atoms with van der Waals surface area (Å²) in [6, 6.07) is 50.4. The van der Waals surface area contributed by atoms with Gasteiger partial charge in [0, 0.05) is 11.0 Å². The molecule has 7 aromatic rings. The van der Waals surface area contributed by atoms with Gasteiger partial charge in [-0.15, -0.1) is 0 Å². The van der Waals surface area contributed by atoms with Crippen LogP contribution in [0.5, 0.6) is 0 Å². The van der Waals surface area contributed by atoms with Gasteiger partial charge in [-0.3, -0.25) is 0 Å². The zero-order valence-corrected chi connectivity index (χ0v) is 25.3. The molecule has 0 fully saturated rings. The Morgan fingerprint density at radius 3 is 1.64 bits per heavy atom. The van der Waals surface area contributed by atoms with Crippen molar-refractivity contribution in [1.82, 2.24) is 15.0 Å². The van der Waals surface area contributed by atoms with E-state index in [1.165, 1.54) is 44.5 Å². The molecule has 214 valence electrons. The lowest BCUT2D eigenvalue weighted by molar-refractivity contribution is 0.660. The summed E-state index contributed by atoms with van der Waals surface area (Å²) >= 11 is 0. The third-order valence-electron chi connectivity index (χ3n) is 9.15. The van der Waals surface area contributed by atoms with Gasteiger partial charge in [0.15, 0.2) is 5.82 Å². The number of hydrogen-bond donors (Lipinski definition) is 0. The molecule has 1 aliphatic rings. The monoisotopic (exact) mass is 577 g/mol. The van der Waals surface area contributed by atoms with E-state index in [0.29, 0.717) is 5.82 Å². The van der Waals surface area contributed by atoms with Crippen LogP contribution in [0.2, 0.25) is 0 Å². The first kappa shape index (κ1) is 26.9. The first-order valence-corrected chi connectivity index (χ1v) is 15.3. The van der Waals surface area contributed by atoms with Gasteiger partial charge >= 0.3 is 0 Å². The number of fused-ring (bicyclic) bond motifs is 3. The summed E-state index contributed by atoms with van der Waals surface area (Å²) in [6.07, 6.45) is 3.11. The van der Waals surface area contributed by atoms with Crippen LogP contribution in [0, 0.1) is 0 Å². The highest BCUT2D eigenvalue weighted by molar-refractivity contribution is 5.88. The molecule has 0 N–H and O–H groups in total. The van der Waals surface area contributed by atoms with Gasteiger partial charge in [-0.2, -0.15) is 0 Å². The maximum absolute atomic E-state index is 4.49. The number of hydrogen-bond acceptors (Lipinski definition) is 3. The molecule has 3 heteroatoms. The SMILES string of the molecule is CC1(C)c2ccccc2-c2ccc(-c3cccc(-c4cccc(-c5cc(-c6ccccc6)ccc5-c5ncncn5)c4)c3)cc21. The fourth-order valence-corrected chi connectivity index (χ4v) is 6.79. The Labute approximate surface area is 264 Å². The molecule has 6 aromatic carbocycles. The van der Waals surface area contributed by atoms with Crippen molar-refractivity contribution in [2.24, 2.45) is 0 Å². The van der Waals surface area contributed by atoms with Crippen molar-refractivity contribution >= 4 is 0 Å². The Balaban J connectivity index is 1.20. The van der Waals surface area contributed by atoms with Crippen LogP contribution in [0.25, 0.3) is 67.0 Å². The van der Waals surface area contributed by atoms with Gasteiger partial charge in [-0.1, -0.05) is 123 Å². The van der Waals surface area contributed by atoms with Crippen LogP contribution in [0.1, 0.15) is 25.0 Å². The third-order valence-corrected chi connectivity index (χ3v) is 9.15. The molecule has 1 aliphatic carbocycles. The predicted octanol–water partition coefficient (Wildman–Crippen LogP) is 10.5. The molecule has 3 nitrogen and oxygen atoms in total. The topological polar surface area (TPSA) is 38.7 Å². The largest absolute Gasteiger partial charge is 0.225 e. The molecule has 0 unspecified atom stereocenters. The minimum atomic E-state index is -0.0294. The van der Waals surface area contributed by atoms with Crippen molar-refractivity contribution < 1.29 is 0 Å². The molecule has 0 aliphatic heterocycles. The van der Waals surface area contributed by atoms with E-state index in [-0.39, 0.29) is 5.41 Å². The highest BCUT2D eigenvalue weighted by Crippen LogP contribution is 2.49. The molecule has 0 radical (unpaired) electrons. The summed E-state index contributed by atoms with van der Waals surface area (Å²) in [5.41, 5.74) is 15.7. The summed E-state index contributed by atoms with van der Waals surface area (Å²) in [7, 11) is 0. The van der Waals surface area contributed by atoms with Crippen LogP contribution >= 0.6 is 0 Å².